The van der Waals surface area contributed by atoms with Crippen LogP contribution in [0.15, 0.2) is 28.7 Å². The third-order valence-corrected chi connectivity index (χ3v) is 12.6. The second-order valence-corrected chi connectivity index (χ2v) is 18.7. The molecule has 0 saturated carbocycles. The van der Waals surface area contributed by atoms with Crippen LogP contribution in [0, 0.1) is 6.92 Å². The summed E-state index contributed by atoms with van der Waals surface area (Å²) in [4.78, 5) is 76.4. The molecule has 1 saturated heterocycles. The van der Waals surface area contributed by atoms with Crippen molar-refractivity contribution in [3.05, 3.63) is 46.7 Å². The summed E-state index contributed by atoms with van der Waals surface area (Å²) in [5, 5.41) is 34.4. The highest BCUT2D eigenvalue weighted by Crippen LogP contribution is 2.42. The number of carboxylic acid groups (broad SMARTS) is 2. The molecule has 5 rings (SSSR count). The molecule has 0 unspecified atom stereocenters. The molecule has 1 aliphatic heterocycles. The molecular weight excluding hydrogens is 1020 g/mol. The summed E-state index contributed by atoms with van der Waals surface area (Å²) in [5.41, 5.74) is 3.75. The number of aldehydes is 1. The first-order valence-electron chi connectivity index (χ1n) is 26.0. The Morgan fingerprint density at radius 1 is 0.692 bits per heavy atom. The van der Waals surface area contributed by atoms with E-state index in [1.54, 1.807) is 15.9 Å². The molecule has 2 aliphatic rings. The number of carbonyl (C=O) groups excluding carboxylic acids is 3. The maximum absolute atomic E-state index is 13.3. The number of anilines is 2. The first-order valence-corrected chi connectivity index (χ1v) is 26.0. The van der Waals surface area contributed by atoms with Crippen molar-refractivity contribution in [1.29, 1.82) is 0 Å². The van der Waals surface area contributed by atoms with Crippen molar-refractivity contribution in [2.75, 3.05) is 190 Å². The van der Waals surface area contributed by atoms with E-state index in [2.05, 4.69) is 51.9 Å². The molecule has 0 spiro atoms. The van der Waals surface area contributed by atoms with E-state index >= 15 is 0 Å². The largest absolute Gasteiger partial charge is 0.480 e. The number of amides is 2. The van der Waals surface area contributed by atoms with E-state index in [4.69, 9.17) is 47.4 Å². The van der Waals surface area contributed by atoms with Gasteiger partial charge in [-0.05, 0) is 54.0 Å². The fourth-order valence-electron chi connectivity index (χ4n) is 8.42. The monoisotopic (exact) mass is 1100 g/mol. The summed E-state index contributed by atoms with van der Waals surface area (Å²) in [5.74, 6) is -1.55. The summed E-state index contributed by atoms with van der Waals surface area (Å²) >= 11 is 0. The summed E-state index contributed by atoms with van der Waals surface area (Å²) in [6, 6.07) is 7.33. The topological polar surface area (TPSA) is 308 Å². The van der Waals surface area contributed by atoms with Crippen molar-refractivity contribution in [3.8, 4) is 23.5 Å². The number of nitrogens with one attached hydrogen (secondary N) is 3. The van der Waals surface area contributed by atoms with Crippen LogP contribution in [0.1, 0.15) is 47.5 Å². The molecule has 0 atom stereocenters. The van der Waals surface area contributed by atoms with Crippen LogP contribution in [-0.2, 0) is 54.7 Å². The van der Waals surface area contributed by atoms with Gasteiger partial charge in [0.1, 0.15) is 12.0 Å². The van der Waals surface area contributed by atoms with E-state index in [-0.39, 0.29) is 79.2 Å². The van der Waals surface area contributed by atoms with Gasteiger partial charge in [-0.1, -0.05) is 19.9 Å². The lowest BCUT2D eigenvalue weighted by Gasteiger charge is -2.32. The zero-order chi connectivity index (χ0) is 56.7. The fraction of sp³-hybridized carbons (Fsp3) is 0.635. The van der Waals surface area contributed by atoms with Gasteiger partial charge < -0.3 is 78.4 Å². The Labute approximate surface area is 455 Å². The molecular formula is C52H81N9O17. The van der Waals surface area contributed by atoms with Gasteiger partial charge in [0, 0.05) is 78.6 Å². The van der Waals surface area contributed by atoms with Gasteiger partial charge in [0.2, 0.25) is 23.6 Å². The number of aliphatic hydroxyl groups excluding tert-OH is 1. The number of carboxylic acids is 2. The quantitative estimate of drug-likeness (QED) is 0.0372. The average molecular weight is 1100 g/mol. The number of aliphatic hydroxyl groups is 1. The summed E-state index contributed by atoms with van der Waals surface area (Å²) in [6.45, 7) is 13.7. The van der Waals surface area contributed by atoms with E-state index in [0.29, 0.717) is 131 Å². The SMILES string of the molecule is CO.COc1nc(NCCOCCOCCOCCOCCOCCNC(=O)CN2CCN(CC=O)CCN(CC(=O)O)CCN(CC(=O)O)CC2)nc(OC)c1NC(=O)c1ccc(Oc2cc3c(cc2C)CCC3(C)C)o1. The minimum atomic E-state index is -0.992. The van der Waals surface area contributed by atoms with E-state index < -0.39 is 17.8 Å². The maximum Gasteiger partial charge on any atom is 0.317 e. The Morgan fingerprint density at radius 3 is 1.68 bits per heavy atom. The van der Waals surface area contributed by atoms with Crippen LogP contribution in [0.4, 0.5) is 11.6 Å². The standard InChI is InChI=1S/C51H77N9O16.CH4O/c1-37-32-38-8-9-51(2,3)39(38)33-41(37)76-45-7-6-40(75-45)47(67)54-46-48(68-4)55-50(56-49(46)69-5)53-11-23-71-25-27-73-29-31-74-30-28-72-26-24-70-22-10-52-42(62)34-58-14-12-57(20-21-61)13-15-59(35-43(63)64)18-19-60(17-16-58)36-44(65)66;1-2/h6-7,21,32-33H,8-20,22-31,34-36H2,1-5H3,(H,52,62)(H,54,67)(H,63,64)(H,65,66)(H,53,55,56);2H,1H3. The zero-order valence-corrected chi connectivity index (χ0v) is 46.0. The number of methoxy groups -OCH3 is 2. The maximum atomic E-state index is 13.3. The summed E-state index contributed by atoms with van der Waals surface area (Å²) in [7, 11) is 3.83. The molecule has 3 heterocycles. The molecule has 0 bridgehead atoms. The Bertz CT molecular complexity index is 2280. The molecule has 436 valence electrons. The fourth-order valence-corrected chi connectivity index (χ4v) is 8.42. The molecule has 1 aliphatic carbocycles. The molecule has 0 radical (unpaired) electrons. The van der Waals surface area contributed by atoms with Crippen molar-refractivity contribution < 1.29 is 81.6 Å². The lowest BCUT2D eigenvalue weighted by atomic mass is 9.86. The second-order valence-electron chi connectivity index (χ2n) is 18.7. The highest BCUT2D eigenvalue weighted by atomic mass is 16.6. The van der Waals surface area contributed by atoms with Crippen LogP contribution in [0.3, 0.4) is 0 Å². The predicted octanol–water partition coefficient (Wildman–Crippen LogP) is 1.47. The van der Waals surface area contributed by atoms with Gasteiger partial charge in [0.05, 0.1) is 106 Å². The lowest BCUT2D eigenvalue weighted by Crippen LogP contribution is -2.49. The first-order chi connectivity index (χ1) is 37.7. The molecule has 1 aromatic carbocycles. The van der Waals surface area contributed by atoms with Crippen molar-refractivity contribution in [1.82, 2.24) is 34.9 Å². The van der Waals surface area contributed by atoms with Gasteiger partial charge in [-0.15, -0.1) is 0 Å². The number of hydrogen-bond donors (Lipinski definition) is 6. The van der Waals surface area contributed by atoms with Crippen LogP contribution in [-0.4, -0.2) is 254 Å². The smallest absolute Gasteiger partial charge is 0.317 e. The third-order valence-electron chi connectivity index (χ3n) is 12.6. The first kappa shape index (κ1) is 64.5. The van der Waals surface area contributed by atoms with Crippen LogP contribution in [0.5, 0.6) is 23.5 Å². The van der Waals surface area contributed by atoms with Crippen LogP contribution >= 0.6 is 0 Å². The molecule has 3 aromatic rings. The minimum absolute atomic E-state index is 0.00917. The molecule has 2 aromatic heterocycles. The summed E-state index contributed by atoms with van der Waals surface area (Å²) < 4.78 is 50.7. The number of hydrogen-bond acceptors (Lipinski definition) is 22. The van der Waals surface area contributed by atoms with Gasteiger partial charge in [-0.2, -0.15) is 9.97 Å². The number of ether oxygens (including phenoxy) is 8. The van der Waals surface area contributed by atoms with Gasteiger partial charge in [0.15, 0.2) is 11.4 Å². The van der Waals surface area contributed by atoms with Crippen molar-refractivity contribution in [2.45, 2.75) is 39.0 Å². The van der Waals surface area contributed by atoms with E-state index in [1.165, 1.54) is 31.4 Å². The zero-order valence-electron chi connectivity index (χ0n) is 46.0. The molecule has 26 heteroatoms. The number of aliphatic carboxylic acids is 2. The van der Waals surface area contributed by atoms with Gasteiger partial charge in [0.25, 0.3) is 11.9 Å². The molecule has 2 amide bonds. The highest BCUT2D eigenvalue weighted by Gasteiger charge is 2.31. The van der Waals surface area contributed by atoms with Gasteiger partial charge >= 0.3 is 11.9 Å². The Hall–Kier alpha value is -6.07. The third kappa shape index (κ3) is 23.1. The minimum Gasteiger partial charge on any atom is -0.480 e. The lowest BCUT2D eigenvalue weighted by molar-refractivity contribution is -0.140. The Kier molecular flexibility index (Phi) is 29.3. The average Bonchev–Trinajstić information content (AvgIpc) is 4.06. The number of aryl methyl sites for hydroxylation is 2. The normalized spacial score (nSPS) is 15.4. The Morgan fingerprint density at radius 2 is 1.18 bits per heavy atom. The molecule has 6 N–H and O–H groups in total. The Balaban J connectivity index is 0.00000648. The van der Waals surface area contributed by atoms with E-state index in [9.17, 15) is 34.2 Å². The molecule has 78 heavy (non-hydrogen) atoms. The second kappa shape index (κ2) is 35.4. The van der Waals surface area contributed by atoms with Gasteiger partial charge in [-0.3, -0.25) is 38.8 Å². The number of benzene rings is 1. The number of furan rings is 1. The van der Waals surface area contributed by atoms with Crippen molar-refractivity contribution in [2.24, 2.45) is 0 Å². The van der Waals surface area contributed by atoms with E-state index in [1.807, 2.05) is 16.7 Å². The molecule has 26 nitrogen and oxygen atoms in total. The number of aromatic nitrogens is 2. The predicted molar refractivity (Wildman–Crippen MR) is 285 cm³/mol. The van der Waals surface area contributed by atoms with Crippen LogP contribution in [0.2, 0.25) is 0 Å². The van der Waals surface area contributed by atoms with E-state index in [0.717, 1.165) is 31.8 Å². The summed E-state index contributed by atoms with van der Waals surface area (Å²) in [6.07, 6.45) is 2.91. The highest BCUT2D eigenvalue weighted by molar-refractivity contribution is 6.03. The number of carbonyl (C=O) groups is 5. The van der Waals surface area contributed by atoms with Crippen molar-refractivity contribution in [3.63, 3.8) is 0 Å². The van der Waals surface area contributed by atoms with Crippen LogP contribution in [0.25, 0.3) is 0 Å². The van der Waals surface area contributed by atoms with Crippen molar-refractivity contribution >= 4 is 41.7 Å². The van der Waals surface area contributed by atoms with Gasteiger partial charge in [-0.25, -0.2) is 0 Å². The number of nitrogens with zero attached hydrogens (tertiary/aromatic N) is 6. The van der Waals surface area contributed by atoms with Crippen LogP contribution < -0.4 is 30.2 Å². The number of fused-ring (bicyclic) bond motifs is 1. The molecule has 1 fully saturated rings. The number of rotatable bonds is 33.